The van der Waals surface area contributed by atoms with Crippen LogP contribution < -0.4 is 5.69 Å². The molecule has 15 heavy (non-hydrogen) atoms. The molecule has 0 bridgehead atoms. The summed E-state index contributed by atoms with van der Waals surface area (Å²) >= 11 is 0. The summed E-state index contributed by atoms with van der Waals surface area (Å²) in [6.45, 7) is 3.05. The molecular weight excluding hydrogens is 188 g/mol. The van der Waals surface area contributed by atoms with E-state index in [1.165, 1.54) is 5.56 Å². The fourth-order valence-electron chi connectivity index (χ4n) is 2.63. The van der Waals surface area contributed by atoms with Gasteiger partial charge in [-0.2, -0.15) is 0 Å². The fourth-order valence-corrected chi connectivity index (χ4v) is 2.63. The van der Waals surface area contributed by atoms with E-state index < -0.39 is 0 Å². The first kappa shape index (κ1) is 8.77. The molecule has 3 heteroatoms. The van der Waals surface area contributed by atoms with Crippen molar-refractivity contribution in [1.29, 1.82) is 0 Å². The number of nitrogens with zero attached hydrogens (tertiary/aromatic N) is 2. The van der Waals surface area contributed by atoms with Crippen LogP contribution in [0.15, 0.2) is 23.0 Å². The van der Waals surface area contributed by atoms with Crippen molar-refractivity contribution in [2.45, 2.75) is 19.9 Å². The van der Waals surface area contributed by atoms with E-state index >= 15 is 0 Å². The second-order valence-corrected chi connectivity index (χ2v) is 4.55. The SMILES string of the molecule is CC1Cc2cccc3c2n(c(=O)n3C)C1. The van der Waals surface area contributed by atoms with E-state index in [1.807, 2.05) is 23.7 Å². The van der Waals surface area contributed by atoms with Gasteiger partial charge in [-0.3, -0.25) is 9.13 Å². The number of para-hydroxylation sites is 1. The summed E-state index contributed by atoms with van der Waals surface area (Å²) in [5, 5.41) is 0. The second kappa shape index (κ2) is 2.75. The number of aryl methyl sites for hydroxylation is 1. The van der Waals surface area contributed by atoms with Gasteiger partial charge < -0.3 is 0 Å². The Hall–Kier alpha value is -1.51. The molecule has 1 aromatic heterocycles. The van der Waals surface area contributed by atoms with Crippen LogP contribution >= 0.6 is 0 Å². The van der Waals surface area contributed by atoms with Gasteiger partial charge in [0.15, 0.2) is 0 Å². The number of hydrogen-bond acceptors (Lipinski definition) is 1. The molecule has 1 aromatic carbocycles. The first-order valence-electron chi connectivity index (χ1n) is 5.35. The van der Waals surface area contributed by atoms with Crippen LogP contribution in [0.4, 0.5) is 0 Å². The summed E-state index contributed by atoms with van der Waals surface area (Å²) in [5.74, 6) is 0.559. The lowest BCUT2D eigenvalue weighted by Gasteiger charge is -2.19. The van der Waals surface area contributed by atoms with Gasteiger partial charge in [-0.25, -0.2) is 4.79 Å². The smallest absolute Gasteiger partial charge is 0.295 e. The van der Waals surface area contributed by atoms with Crippen molar-refractivity contribution in [3.05, 3.63) is 34.2 Å². The minimum absolute atomic E-state index is 0.115. The average molecular weight is 202 g/mol. The maximum Gasteiger partial charge on any atom is 0.328 e. The van der Waals surface area contributed by atoms with Crippen molar-refractivity contribution in [2.75, 3.05) is 0 Å². The topological polar surface area (TPSA) is 26.9 Å². The highest BCUT2D eigenvalue weighted by Gasteiger charge is 2.21. The van der Waals surface area contributed by atoms with Crippen molar-refractivity contribution >= 4 is 11.0 Å². The lowest BCUT2D eigenvalue weighted by atomic mass is 9.96. The Bertz CT molecular complexity index is 591. The maximum absolute atomic E-state index is 12.0. The summed E-state index contributed by atoms with van der Waals surface area (Å²) in [4.78, 5) is 12.0. The van der Waals surface area contributed by atoms with E-state index in [0.717, 1.165) is 24.0 Å². The number of imidazole rings is 1. The monoisotopic (exact) mass is 202 g/mol. The Morgan fingerprint density at radius 2 is 2.20 bits per heavy atom. The Labute approximate surface area is 87.9 Å². The third-order valence-corrected chi connectivity index (χ3v) is 3.31. The molecule has 2 aromatic rings. The summed E-state index contributed by atoms with van der Waals surface area (Å²) in [5.41, 5.74) is 3.63. The molecule has 0 saturated heterocycles. The minimum atomic E-state index is 0.115. The molecule has 0 amide bonds. The lowest BCUT2D eigenvalue weighted by molar-refractivity contribution is 0.458. The van der Waals surface area contributed by atoms with Gasteiger partial charge in [0.2, 0.25) is 0 Å². The van der Waals surface area contributed by atoms with E-state index in [9.17, 15) is 4.79 Å². The van der Waals surface area contributed by atoms with Crippen LogP contribution in [0.5, 0.6) is 0 Å². The van der Waals surface area contributed by atoms with Gasteiger partial charge in [-0.1, -0.05) is 19.1 Å². The number of rotatable bonds is 0. The Kier molecular flexibility index (Phi) is 1.61. The Morgan fingerprint density at radius 3 is 3.00 bits per heavy atom. The number of aromatic nitrogens is 2. The number of hydrogen-bond donors (Lipinski definition) is 0. The zero-order chi connectivity index (χ0) is 10.6. The predicted octanol–water partition coefficient (Wildman–Crippen LogP) is 1.53. The Balaban J connectivity index is 2.51. The number of benzene rings is 1. The van der Waals surface area contributed by atoms with Crippen LogP contribution in [0.2, 0.25) is 0 Å². The second-order valence-electron chi connectivity index (χ2n) is 4.55. The zero-order valence-electron chi connectivity index (χ0n) is 9.03. The van der Waals surface area contributed by atoms with Gasteiger partial charge in [0.25, 0.3) is 0 Å². The fraction of sp³-hybridized carbons (Fsp3) is 0.417. The lowest BCUT2D eigenvalue weighted by Crippen LogP contribution is -2.27. The van der Waals surface area contributed by atoms with Crippen LogP contribution in [0.3, 0.4) is 0 Å². The predicted molar refractivity (Wildman–Crippen MR) is 60.0 cm³/mol. The molecule has 0 fully saturated rings. The largest absolute Gasteiger partial charge is 0.328 e. The highest BCUT2D eigenvalue weighted by atomic mass is 16.1. The summed E-state index contributed by atoms with van der Waals surface area (Å²) in [7, 11) is 1.85. The van der Waals surface area contributed by atoms with E-state index in [4.69, 9.17) is 0 Å². The molecule has 0 radical (unpaired) electrons. The molecule has 3 rings (SSSR count). The van der Waals surface area contributed by atoms with E-state index in [-0.39, 0.29) is 5.69 Å². The average Bonchev–Trinajstić information content (AvgIpc) is 2.46. The molecular formula is C12H14N2O. The van der Waals surface area contributed by atoms with Crippen molar-refractivity contribution in [2.24, 2.45) is 13.0 Å². The van der Waals surface area contributed by atoms with Gasteiger partial charge in [0.1, 0.15) is 0 Å². The molecule has 2 heterocycles. The van der Waals surface area contributed by atoms with E-state index in [2.05, 4.69) is 13.0 Å². The maximum atomic E-state index is 12.0. The molecule has 1 unspecified atom stereocenters. The first-order valence-corrected chi connectivity index (χ1v) is 5.35. The molecule has 0 aliphatic carbocycles. The molecule has 3 nitrogen and oxygen atoms in total. The van der Waals surface area contributed by atoms with E-state index in [0.29, 0.717) is 5.92 Å². The van der Waals surface area contributed by atoms with Crippen LogP contribution in [0.25, 0.3) is 11.0 Å². The molecule has 78 valence electrons. The Morgan fingerprint density at radius 1 is 1.40 bits per heavy atom. The van der Waals surface area contributed by atoms with E-state index in [1.54, 1.807) is 4.57 Å². The molecule has 0 N–H and O–H groups in total. The zero-order valence-corrected chi connectivity index (χ0v) is 9.03. The third-order valence-electron chi connectivity index (χ3n) is 3.31. The van der Waals surface area contributed by atoms with Crippen LogP contribution in [-0.2, 0) is 20.0 Å². The van der Waals surface area contributed by atoms with Gasteiger partial charge in [0, 0.05) is 13.6 Å². The molecule has 1 atom stereocenters. The molecule has 0 saturated carbocycles. The van der Waals surface area contributed by atoms with Crippen LogP contribution in [0, 0.1) is 5.92 Å². The van der Waals surface area contributed by atoms with Gasteiger partial charge >= 0.3 is 5.69 Å². The van der Waals surface area contributed by atoms with Gasteiger partial charge in [-0.05, 0) is 24.0 Å². The summed E-state index contributed by atoms with van der Waals surface area (Å²) in [6, 6.07) is 6.19. The van der Waals surface area contributed by atoms with Crippen molar-refractivity contribution in [1.82, 2.24) is 9.13 Å². The molecule has 0 spiro atoms. The highest BCUT2D eigenvalue weighted by molar-refractivity contribution is 5.80. The van der Waals surface area contributed by atoms with Gasteiger partial charge in [-0.15, -0.1) is 0 Å². The highest BCUT2D eigenvalue weighted by Crippen LogP contribution is 2.25. The normalized spacial score (nSPS) is 19.7. The van der Waals surface area contributed by atoms with Crippen LogP contribution in [0.1, 0.15) is 12.5 Å². The molecule has 1 aliphatic rings. The quantitative estimate of drug-likeness (QED) is 0.636. The first-order chi connectivity index (χ1) is 7.18. The third kappa shape index (κ3) is 1.03. The van der Waals surface area contributed by atoms with Crippen LogP contribution in [-0.4, -0.2) is 9.13 Å². The van der Waals surface area contributed by atoms with Crippen molar-refractivity contribution in [3.8, 4) is 0 Å². The summed E-state index contributed by atoms with van der Waals surface area (Å²) in [6.07, 6.45) is 1.08. The standard InChI is InChI=1S/C12H14N2O/c1-8-6-9-4-3-5-10-11(9)14(7-8)12(15)13(10)2/h3-5,8H,6-7H2,1-2H3. The minimum Gasteiger partial charge on any atom is -0.295 e. The van der Waals surface area contributed by atoms with Gasteiger partial charge in [0.05, 0.1) is 11.0 Å². The van der Waals surface area contributed by atoms with Crippen molar-refractivity contribution in [3.63, 3.8) is 0 Å². The van der Waals surface area contributed by atoms with Crippen molar-refractivity contribution < 1.29 is 0 Å². The molecule has 1 aliphatic heterocycles. The summed E-state index contributed by atoms with van der Waals surface area (Å²) < 4.78 is 3.66.